The predicted octanol–water partition coefficient (Wildman–Crippen LogP) is 2.80. The van der Waals surface area contributed by atoms with Gasteiger partial charge >= 0.3 is 0 Å². The van der Waals surface area contributed by atoms with Crippen molar-refractivity contribution in [3.63, 3.8) is 0 Å². The molecule has 0 fully saturated rings. The van der Waals surface area contributed by atoms with E-state index < -0.39 is 0 Å². The average molecular weight is 215 g/mol. The summed E-state index contributed by atoms with van der Waals surface area (Å²) in [5.74, 6) is 0.551. The van der Waals surface area contributed by atoms with Crippen LogP contribution in [0.15, 0.2) is 36.5 Å². The standard InChI is InChI=1S/C13H17N3/c1-2-3-4-11-5-7-12(8-6-11)16-10-9-13(14)15-16/h5-10H,2-4H2,1H3,(H2,14,15). The Morgan fingerprint density at radius 2 is 1.94 bits per heavy atom. The van der Waals surface area contributed by atoms with Crippen molar-refractivity contribution in [1.29, 1.82) is 0 Å². The fraction of sp³-hybridized carbons (Fsp3) is 0.308. The number of benzene rings is 1. The van der Waals surface area contributed by atoms with Crippen LogP contribution in [0.4, 0.5) is 5.82 Å². The van der Waals surface area contributed by atoms with Crippen molar-refractivity contribution in [3.05, 3.63) is 42.1 Å². The largest absolute Gasteiger partial charge is 0.382 e. The van der Waals surface area contributed by atoms with Crippen molar-refractivity contribution in [2.75, 3.05) is 5.73 Å². The van der Waals surface area contributed by atoms with Crippen LogP contribution in [0.2, 0.25) is 0 Å². The molecule has 0 aliphatic heterocycles. The number of hydrogen-bond acceptors (Lipinski definition) is 2. The highest BCUT2D eigenvalue weighted by Gasteiger charge is 1.98. The fourth-order valence-electron chi connectivity index (χ4n) is 1.68. The van der Waals surface area contributed by atoms with Crippen molar-refractivity contribution >= 4 is 5.82 Å². The lowest BCUT2D eigenvalue weighted by Crippen LogP contribution is -1.96. The second kappa shape index (κ2) is 4.84. The molecule has 0 aliphatic rings. The molecule has 0 saturated heterocycles. The maximum absolute atomic E-state index is 5.58. The van der Waals surface area contributed by atoms with Gasteiger partial charge in [-0.25, -0.2) is 4.68 Å². The average Bonchev–Trinajstić information content (AvgIpc) is 2.74. The first kappa shape index (κ1) is 10.7. The van der Waals surface area contributed by atoms with E-state index in [1.165, 1.54) is 18.4 Å². The molecule has 0 saturated carbocycles. The second-order valence-corrected chi connectivity index (χ2v) is 3.96. The molecule has 1 aromatic carbocycles. The van der Waals surface area contributed by atoms with Gasteiger partial charge in [-0.3, -0.25) is 0 Å². The highest BCUT2D eigenvalue weighted by molar-refractivity contribution is 5.36. The molecule has 0 spiro atoms. The van der Waals surface area contributed by atoms with E-state index in [1.807, 2.05) is 6.20 Å². The molecular weight excluding hydrogens is 198 g/mol. The molecule has 2 N–H and O–H groups in total. The summed E-state index contributed by atoms with van der Waals surface area (Å²) in [6.45, 7) is 2.21. The first-order valence-corrected chi connectivity index (χ1v) is 5.70. The van der Waals surface area contributed by atoms with Crippen LogP contribution in [0.3, 0.4) is 0 Å². The Morgan fingerprint density at radius 1 is 1.19 bits per heavy atom. The van der Waals surface area contributed by atoms with Gasteiger partial charge in [0.1, 0.15) is 5.82 Å². The molecule has 2 rings (SSSR count). The minimum atomic E-state index is 0.551. The summed E-state index contributed by atoms with van der Waals surface area (Å²) in [4.78, 5) is 0. The Morgan fingerprint density at radius 3 is 2.50 bits per heavy atom. The Hall–Kier alpha value is -1.77. The lowest BCUT2D eigenvalue weighted by Gasteiger charge is -2.03. The van der Waals surface area contributed by atoms with E-state index in [0.717, 1.165) is 12.1 Å². The molecule has 0 aliphatic carbocycles. The lowest BCUT2D eigenvalue weighted by atomic mass is 10.1. The Labute approximate surface area is 95.9 Å². The number of hydrogen-bond donors (Lipinski definition) is 1. The van der Waals surface area contributed by atoms with Crippen LogP contribution in [-0.4, -0.2) is 9.78 Å². The van der Waals surface area contributed by atoms with Crippen LogP contribution in [-0.2, 0) is 6.42 Å². The van der Waals surface area contributed by atoms with Crippen molar-refractivity contribution in [1.82, 2.24) is 9.78 Å². The molecule has 0 unspecified atom stereocenters. The van der Waals surface area contributed by atoms with Gasteiger partial charge in [0, 0.05) is 12.3 Å². The van der Waals surface area contributed by atoms with Gasteiger partial charge < -0.3 is 5.73 Å². The summed E-state index contributed by atoms with van der Waals surface area (Å²) in [5, 5.41) is 4.17. The van der Waals surface area contributed by atoms with Gasteiger partial charge in [0.25, 0.3) is 0 Å². The number of unbranched alkanes of at least 4 members (excludes halogenated alkanes) is 1. The van der Waals surface area contributed by atoms with Gasteiger partial charge in [-0.05, 0) is 30.5 Å². The number of nitrogens with two attached hydrogens (primary N) is 1. The maximum Gasteiger partial charge on any atom is 0.145 e. The SMILES string of the molecule is CCCCc1ccc(-n2ccc(N)n2)cc1. The zero-order valence-electron chi connectivity index (χ0n) is 9.56. The zero-order chi connectivity index (χ0) is 11.4. The molecule has 1 aromatic heterocycles. The highest BCUT2D eigenvalue weighted by Crippen LogP contribution is 2.12. The van der Waals surface area contributed by atoms with Gasteiger partial charge in [-0.1, -0.05) is 25.5 Å². The number of anilines is 1. The van der Waals surface area contributed by atoms with E-state index in [-0.39, 0.29) is 0 Å². The smallest absolute Gasteiger partial charge is 0.145 e. The van der Waals surface area contributed by atoms with E-state index in [4.69, 9.17) is 5.73 Å². The summed E-state index contributed by atoms with van der Waals surface area (Å²) >= 11 is 0. The van der Waals surface area contributed by atoms with Crippen LogP contribution >= 0.6 is 0 Å². The van der Waals surface area contributed by atoms with E-state index >= 15 is 0 Å². The number of nitrogen functional groups attached to an aromatic ring is 1. The summed E-state index contributed by atoms with van der Waals surface area (Å²) < 4.78 is 1.79. The van der Waals surface area contributed by atoms with Crippen molar-refractivity contribution in [3.8, 4) is 5.69 Å². The Bertz CT molecular complexity index is 442. The fourth-order valence-corrected chi connectivity index (χ4v) is 1.68. The number of rotatable bonds is 4. The third-order valence-corrected chi connectivity index (χ3v) is 2.63. The number of aryl methyl sites for hydroxylation is 1. The van der Waals surface area contributed by atoms with Crippen molar-refractivity contribution in [2.45, 2.75) is 26.2 Å². The number of aromatic nitrogens is 2. The molecule has 0 atom stereocenters. The third-order valence-electron chi connectivity index (χ3n) is 2.63. The summed E-state index contributed by atoms with van der Waals surface area (Å²) in [6, 6.07) is 10.3. The van der Waals surface area contributed by atoms with Crippen LogP contribution in [0.5, 0.6) is 0 Å². The van der Waals surface area contributed by atoms with Gasteiger partial charge in [0.2, 0.25) is 0 Å². The van der Waals surface area contributed by atoms with Crippen LogP contribution in [0, 0.1) is 0 Å². The van der Waals surface area contributed by atoms with Crippen molar-refractivity contribution in [2.24, 2.45) is 0 Å². The molecule has 0 radical (unpaired) electrons. The van der Waals surface area contributed by atoms with E-state index in [1.54, 1.807) is 10.7 Å². The molecule has 84 valence electrons. The van der Waals surface area contributed by atoms with Gasteiger partial charge in [-0.2, -0.15) is 5.10 Å². The van der Waals surface area contributed by atoms with E-state index in [9.17, 15) is 0 Å². The molecule has 0 bridgehead atoms. The summed E-state index contributed by atoms with van der Waals surface area (Å²) in [5.41, 5.74) is 8.01. The molecular formula is C13H17N3. The van der Waals surface area contributed by atoms with Gasteiger partial charge in [-0.15, -0.1) is 0 Å². The molecule has 16 heavy (non-hydrogen) atoms. The van der Waals surface area contributed by atoms with Gasteiger partial charge in [0.15, 0.2) is 0 Å². The molecule has 3 heteroatoms. The summed E-state index contributed by atoms with van der Waals surface area (Å²) in [6.07, 6.45) is 5.50. The Kier molecular flexibility index (Phi) is 3.25. The third kappa shape index (κ3) is 2.42. The quantitative estimate of drug-likeness (QED) is 0.852. The molecule has 1 heterocycles. The first-order valence-electron chi connectivity index (χ1n) is 5.70. The monoisotopic (exact) mass is 215 g/mol. The van der Waals surface area contributed by atoms with Crippen LogP contribution < -0.4 is 5.73 Å². The highest BCUT2D eigenvalue weighted by atomic mass is 15.3. The first-order chi connectivity index (χ1) is 7.79. The van der Waals surface area contributed by atoms with Crippen LogP contribution in [0.25, 0.3) is 5.69 Å². The van der Waals surface area contributed by atoms with Crippen LogP contribution in [0.1, 0.15) is 25.3 Å². The predicted molar refractivity (Wildman–Crippen MR) is 66.6 cm³/mol. The zero-order valence-corrected chi connectivity index (χ0v) is 9.56. The maximum atomic E-state index is 5.58. The Balaban J connectivity index is 2.13. The van der Waals surface area contributed by atoms with Crippen molar-refractivity contribution < 1.29 is 0 Å². The molecule has 0 amide bonds. The normalized spacial score (nSPS) is 10.6. The number of nitrogens with zero attached hydrogens (tertiary/aromatic N) is 2. The topological polar surface area (TPSA) is 43.8 Å². The summed E-state index contributed by atoms with van der Waals surface area (Å²) in [7, 11) is 0. The van der Waals surface area contributed by atoms with Gasteiger partial charge in [0.05, 0.1) is 5.69 Å². The minimum absolute atomic E-state index is 0.551. The minimum Gasteiger partial charge on any atom is -0.382 e. The molecule has 2 aromatic rings. The molecule has 3 nitrogen and oxygen atoms in total. The second-order valence-electron chi connectivity index (χ2n) is 3.96. The lowest BCUT2D eigenvalue weighted by molar-refractivity contribution is 0.794. The van der Waals surface area contributed by atoms with E-state index in [0.29, 0.717) is 5.82 Å². The van der Waals surface area contributed by atoms with E-state index in [2.05, 4.69) is 36.3 Å².